The monoisotopic (exact) mass is 231 g/mol. The van der Waals surface area contributed by atoms with Crippen molar-refractivity contribution < 1.29 is 4.39 Å². The average molecular weight is 231 g/mol. The molecule has 2 rings (SSSR count). The zero-order valence-electron chi connectivity index (χ0n) is 9.79. The van der Waals surface area contributed by atoms with E-state index in [0.29, 0.717) is 16.5 Å². The first-order chi connectivity index (χ1) is 7.99. The Kier molecular flexibility index (Phi) is 2.79. The van der Waals surface area contributed by atoms with Crippen molar-refractivity contribution in [2.24, 2.45) is 5.73 Å². The number of nitrogens with two attached hydrogens (primary N) is 1. The van der Waals surface area contributed by atoms with Crippen LogP contribution in [-0.4, -0.2) is 10.8 Å². The maximum Gasteiger partial charge on any atom is 0.123 e. The topological polar surface area (TPSA) is 62.8 Å². The van der Waals surface area contributed by atoms with E-state index < -0.39 is 0 Å². The second-order valence-corrected chi connectivity index (χ2v) is 4.32. The first kappa shape index (κ1) is 11.5. The van der Waals surface area contributed by atoms with E-state index in [1.165, 1.54) is 12.1 Å². The first-order valence-electron chi connectivity index (χ1n) is 5.43. The molecule has 0 amide bonds. The highest BCUT2D eigenvalue weighted by Gasteiger charge is 2.11. The van der Waals surface area contributed by atoms with Gasteiger partial charge in [-0.1, -0.05) is 13.8 Å². The Labute approximate surface area is 99.0 Å². The van der Waals surface area contributed by atoms with E-state index in [2.05, 4.69) is 4.98 Å². The van der Waals surface area contributed by atoms with Crippen LogP contribution in [-0.2, 0) is 0 Å². The summed E-state index contributed by atoms with van der Waals surface area (Å²) in [5, 5.41) is 8.14. The highest BCUT2D eigenvalue weighted by molar-refractivity contribution is 6.06. The van der Waals surface area contributed by atoms with Crippen molar-refractivity contribution in [1.29, 1.82) is 5.41 Å². The number of amidine groups is 1. The summed E-state index contributed by atoms with van der Waals surface area (Å²) >= 11 is 0. The van der Waals surface area contributed by atoms with Gasteiger partial charge < -0.3 is 5.73 Å². The second-order valence-electron chi connectivity index (χ2n) is 4.32. The van der Waals surface area contributed by atoms with Crippen LogP contribution in [0, 0.1) is 11.2 Å². The smallest absolute Gasteiger partial charge is 0.123 e. The number of hydrogen-bond donors (Lipinski definition) is 2. The standard InChI is InChI=1S/C13H14FN3/c1-7(2)12-6-10(13(15)16)9-5-8(14)3-4-11(9)17-12/h3-7H,1-2H3,(H3,15,16). The maximum absolute atomic E-state index is 13.2. The number of aromatic nitrogens is 1. The number of rotatable bonds is 2. The highest BCUT2D eigenvalue weighted by Crippen LogP contribution is 2.22. The number of nitrogens with one attached hydrogen (secondary N) is 1. The second kappa shape index (κ2) is 4.13. The summed E-state index contributed by atoms with van der Waals surface area (Å²) in [5.41, 5.74) is 7.60. The van der Waals surface area contributed by atoms with Crippen LogP contribution in [0.25, 0.3) is 10.9 Å². The minimum Gasteiger partial charge on any atom is -0.384 e. The number of nitrogens with zero attached hydrogens (tertiary/aromatic N) is 1. The van der Waals surface area contributed by atoms with Crippen molar-refractivity contribution in [3.05, 3.63) is 41.3 Å². The van der Waals surface area contributed by atoms with E-state index in [4.69, 9.17) is 11.1 Å². The molecule has 0 spiro atoms. The van der Waals surface area contributed by atoms with Crippen LogP contribution in [0.1, 0.15) is 31.0 Å². The van der Waals surface area contributed by atoms with Gasteiger partial charge in [0.05, 0.1) is 5.52 Å². The Balaban J connectivity index is 2.81. The summed E-state index contributed by atoms with van der Waals surface area (Å²) < 4.78 is 13.2. The van der Waals surface area contributed by atoms with Gasteiger partial charge >= 0.3 is 0 Å². The van der Waals surface area contributed by atoms with Crippen molar-refractivity contribution in [2.75, 3.05) is 0 Å². The van der Waals surface area contributed by atoms with E-state index in [1.54, 1.807) is 12.1 Å². The molecular formula is C13H14FN3. The van der Waals surface area contributed by atoms with Crippen LogP contribution in [0.4, 0.5) is 4.39 Å². The van der Waals surface area contributed by atoms with E-state index >= 15 is 0 Å². The molecule has 2 aromatic rings. The van der Waals surface area contributed by atoms with Crippen LogP contribution in [0.5, 0.6) is 0 Å². The van der Waals surface area contributed by atoms with Gasteiger partial charge in [0.15, 0.2) is 0 Å². The van der Waals surface area contributed by atoms with Gasteiger partial charge in [-0.05, 0) is 30.2 Å². The third-order valence-corrected chi connectivity index (χ3v) is 2.67. The van der Waals surface area contributed by atoms with E-state index in [-0.39, 0.29) is 17.6 Å². The molecule has 3 N–H and O–H groups in total. The molecule has 0 unspecified atom stereocenters. The fraction of sp³-hybridized carbons (Fsp3) is 0.231. The highest BCUT2D eigenvalue weighted by atomic mass is 19.1. The average Bonchev–Trinajstić information content (AvgIpc) is 2.27. The molecule has 17 heavy (non-hydrogen) atoms. The van der Waals surface area contributed by atoms with Crippen molar-refractivity contribution in [3.8, 4) is 0 Å². The molecule has 0 atom stereocenters. The molecule has 0 aliphatic carbocycles. The largest absolute Gasteiger partial charge is 0.384 e. The number of nitrogen functional groups attached to an aromatic ring is 1. The predicted molar refractivity (Wildman–Crippen MR) is 66.8 cm³/mol. The van der Waals surface area contributed by atoms with Crippen molar-refractivity contribution in [1.82, 2.24) is 4.98 Å². The Morgan fingerprint density at radius 2 is 2.06 bits per heavy atom. The molecule has 0 aliphatic heterocycles. The van der Waals surface area contributed by atoms with Crippen LogP contribution in [0.15, 0.2) is 24.3 Å². The van der Waals surface area contributed by atoms with E-state index in [0.717, 1.165) is 5.69 Å². The summed E-state index contributed by atoms with van der Waals surface area (Å²) in [6, 6.07) is 6.10. The number of halogens is 1. The lowest BCUT2D eigenvalue weighted by atomic mass is 10.0. The molecule has 1 aromatic carbocycles. The van der Waals surface area contributed by atoms with Gasteiger partial charge in [-0.25, -0.2) is 4.39 Å². The molecule has 88 valence electrons. The molecular weight excluding hydrogens is 217 g/mol. The quantitative estimate of drug-likeness (QED) is 0.616. The predicted octanol–water partition coefficient (Wildman–Crippen LogP) is 2.78. The lowest BCUT2D eigenvalue weighted by Gasteiger charge is -2.10. The van der Waals surface area contributed by atoms with Gasteiger partial charge in [0.1, 0.15) is 11.7 Å². The van der Waals surface area contributed by atoms with Crippen LogP contribution in [0.2, 0.25) is 0 Å². The zero-order valence-corrected chi connectivity index (χ0v) is 9.79. The van der Waals surface area contributed by atoms with Crippen molar-refractivity contribution in [2.45, 2.75) is 19.8 Å². The number of hydrogen-bond acceptors (Lipinski definition) is 2. The van der Waals surface area contributed by atoms with Crippen LogP contribution >= 0.6 is 0 Å². The molecule has 1 aromatic heterocycles. The van der Waals surface area contributed by atoms with Gasteiger partial charge in [0.25, 0.3) is 0 Å². The summed E-state index contributed by atoms with van der Waals surface area (Å²) in [4.78, 5) is 4.44. The minimum absolute atomic E-state index is 0.0649. The Bertz CT molecular complexity index is 590. The van der Waals surface area contributed by atoms with Crippen LogP contribution in [0.3, 0.4) is 0 Å². The van der Waals surface area contributed by atoms with E-state index in [9.17, 15) is 4.39 Å². The molecule has 0 saturated heterocycles. The minimum atomic E-state index is -0.348. The molecule has 4 heteroatoms. The fourth-order valence-electron chi connectivity index (χ4n) is 1.74. The third-order valence-electron chi connectivity index (χ3n) is 2.67. The lowest BCUT2D eigenvalue weighted by Crippen LogP contribution is -2.13. The van der Waals surface area contributed by atoms with Crippen molar-refractivity contribution in [3.63, 3.8) is 0 Å². The fourth-order valence-corrected chi connectivity index (χ4v) is 1.74. The third kappa shape index (κ3) is 2.11. The van der Waals surface area contributed by atoms with Gasteiger partial charge in [0.2, 0.25) is 0 Å². The van der Waals surface area contributed by atoms with Gasteiger partial charge in [-0.15, -0.1) is 0 Å². The molecule has 0 saturated carbocycles. The van der Waals surface area contributed by atoms with Gasteiger partial charge in [-0.2, -0.15) is 0 Å². The van der Waals surface area contributed by atoms with E-state index in [1.807, 2.05) is 13.8 Å². The number of benzene rings is 1. The Morgan fingerprint density at radius 3 is 2.65 bits per heavy atom. The zero-order chi connectivity index (χ0) is 12.6. The Morgan fingerprint density at radius 1 is 1.35 bits per heavy atom. The molecule has 0 aliphatic rings. The molecule has 3 nitrogen and oxygen atoms in total. The molecule has 1 heterocycles. The molecule has 0 fully saturated rings. The van der Waals surface area contributed by atoms with Gasteiger partial charge in [0, 0.05) is 16.6 Å². The normalized spacial score (nSPS) is 11.1. The van der Waals surface area contributed by atoms with Crippen LogP contribution < -0.4 is 5.73 Å². The summed E-state index contributed by atoms with van der Waals surface area (Å²) in [5.74, 6) is -0.174. The molecule has 0 bridgehead atoms. The summed E-state index contributed by atoms with van der Waals surface area (Å²) in [6.45, 7) is 4.03. The van der Waals surface area contributed by atoms with Crippen molar-refractivity contribution >= 4 is 16.7 Å². The molecule has 0 radical (unpaired) electrons. The van der Waals surface area contributed by atoms with Gasteiger partial charge in [-0.3, -0.25) is 10.4 Å². The SMILES string of the molecule is CC(C)c1cc(C(=N)N)c2cc(F)ccc2n1. The number of fused-ring (bicyclic) bond motifs is 1. The summed E-state index contributed by atoms with van der Waals surface area (Å²) in [7, 11) is 0. The Hall–Kier alpha value is -1.97. The number of pyridine rings is 1. The lowest BCUT2D eigenvalue weighted by molar-refractivity contribution is 0.629. The summed E-state index contributed by atoms with van der Waals surface area (Å²) in [6.07, 6.45) is 0. The maximum atomic E-state index is 13.2. The first-order valence-corrected chi connectivity index (χ1v) is 5.43.